The highest BCUT2D eigenvalue weighted by atomic mass is 35.5. The molecule has 0 aliphatic carbocycles. The Morgan fingerprint density at radius 3 is 2.48 bits per heavy atom. The standard InChI is InChI=1S/C31H33ClN6O4/c1-41-28-9-8-24(32)21-26(28)30(39)38-14-3-2-13-37(31(40)27-22-33-10-11-34-27)15-5-19-42-25-7-4-6-23(20-25)29-35-12-16-36(29)17-18-38/h4,6-12,16,20-22H,2-3,5,13-15,17-19H2,1H3. The maximum Gasteiger partial charge on any atom is 0.274 e. The van der Waals surface area contributed by atoms with E-state index in [-0.39, 0.29) is 11.8 Å². The molecule has 1 aliphatic heterocycles. The summed E-state index contributed by atoms with van der Waals surface area (Å²) in [5.74, 6) is 1.64. The minimum absolute atomic E-state index is 0.170. The van der Waals surface area contributed by atoms with Crippen molar-refractivity contribution in [2.24, 2.45) is 0 Å². The molecule has 5 rings (SSSR count). The molecule has 0 spiro atoms. The van der Waals surface area contributed by atoms with Gasteiger partial charge in [0, 0.05) is 68.1 Å². The molecule has 0 unspecified atom stereocenters. The molecule has 4 aromatic rings. The predicted octanol–water partition coefficient (Wildman–Crippen LogP) is 4.85. The molecule has 2 aromatic heterocycles. The molecular weight excluding hydrogens is 556 g/mol. The Kier molecular flexibility index (Phi) is 9.66. The summed E-state index contributed by atoms with van der Waals surface area (Å²) >= 11 is 6.26. The Balaban J connectivity index is 1.42. The first-order chi connectivity index (χ1) is 20.5. The summed E-state index contributed by atoms with van der Waals surface area (Å²) in [5, 5.41) is 0.460. The summed E-state index contributed by atoms with van der Waals surface area (Å²) in [4.78, 5) is 43.5. The third-order valence-electron chi connectivity index (χ3n) is 7.11. The van der Waals surface area contributed by atoms with Crippen LogP contribution in [-0.4, -0.2) is 81.0 Å². The number of fused-ring (bicyclic) bond motifs is 4. The fourth-order valence-corrected chi connectivity index (χ4v) is 5.15. The largest absolute Gasteiger partial charge is 0.496 e. The van der Waals surface area contributed by atoms with E-state index in [0.29, 0.717) is 80.6 Å². The predicted molar refractivity (Wildman–Crippen MR) is 159 cm³/mol. The molecule has 0 saturated heterocycles. The van der Waals surface area contributed by atoms with E-state index >= 15 is 0 Å². The number of aromatic nitrogens is 4. The van der Waals surface area contributed by atoms with Gasteiger partial charge >= 0.3 is 0 Å². The maximum absolute atomic E-state index is 13.8. The van der Waals surface area contributed by atoms with E-state index in [4.69, 9.17) is 21.1 Å². The molecule has 1 aliphatic rings. The number of carbonyl (C=O) groups excluding carboxylic acids is 2. The number of hydrogen-bond acceptors (Lipinski definition) is 7. The van der Waals surface area contributed by atoms with Gasteiger partial charge < -0.3 is 23.8 Å². The van der Waals surface area contributed by atoms with E-state index in [2.05, 4.69) is 15.0 Å². The molecule has 11 heteroatoms. The van der Waals surface area contributed by atoms with Crippen molar-refractivity contribution in [3.63, 3.8) is 0 Å². The molecule has 2 aromatic carbocycles. The van der Waals surface area contributed by atoms with Crippen molar-refractivity contribution >= 4 is 23.4 Å². The van der Waals surface area contributed by atoms with Gasteiger partial charge in [0.25, 0.3) is 11.8 Å². The molecule has 0 radical (unpaired) electrons. The number of amides is 2. The van der Waals surface area contributed by atoms with Gasteiger partial charge in [0.2, 0.25) is 0 Å². The first-order valence-corrected chi connectivity index (χ1v) is 14.3. The highest BCUT2D eigenvalue weighted by Crippen LogP contribution is 2.26. The number of halogens is 1. The highest BCUT2D eigenvalue weighted by Gasteiger charge is 2.22. The summed E-state index contributed by atoms with van der Waals surface area (Å²) in [7, 11) is 1.54. The van der Waals surface area contributed by atoms with Gasteiger partial charge in [-0.3, -0.25) is 14.6 Å². The van der Waals surface area contributed by atoms with Gasteiger partial charge in [0.15, 0.2) is 0 Å². The second kappa shape index (κ2) is 14.0. The van der Waals surface area contributed by atoms with Crippen LogP contribution in [0.1, 0.15) is 40.1 Å². The number of benzene rings is 2. The van der Waals surface area contributed by atoms with Crippen LogP contribution in [0.2, 0.25) is 5.02 Å². The van der Waals surface area contributed by atoms with Crippen LogP contribution in [0.4, 0.5) is 0 Å². The highest BCUT2D eigenvalue weighted by molar-refractivity contribution is 6.31. The quantitative estimate of drug-likeness (QED) is 0.337. The fraction of sp³-hybridized carbons (Fsp3) is 0.323. The minimum Gasteiger partial charge on any atom is -0.496 e. The van der Waals surface area contributed by atoms with Crippen molar-refractivity contribution in [2.45, 2.75) is 25.8 Å². The summed E-state index contributed by atoms with van der Waals surface area (Å²) in [6, 6.07) is 12.8. The van der Waals surface area contributed by atoms with E-state index in [9.17, 15) is 9.59 Å². The van der Waals surface area contributed by atoms with Crippen LogP contribution >= 0.6 is 11.6 Å². The lowest BCUT2D eigenvalue weighted by atomic mass is 10.1. The van der Waals surface area contributed by atoms with Gasteiger partial charge in [-0.2, -0.15) is 0 Å². The third kappa shape index (κ3) is 7.06. The lowest BCUT2D eigenvalue weighted by Gasteiger charge is -2.26. The second-order valence-electron chi connectivity index (χ2n) is 9.90. The van der Waals surface area contributed by atoms with Crippen LogP contribution in [0.15, 0.2) is 73.4 Å². The van der Waals surface area contributed by atoms with Crippen molar-refractivity contribution in [2.75, 3.05) is 39.9 Å². The molecule has 2 amide bonds. The first-order valence-electron chi connectivity index (χ1n) is 14.0. The summed E-state index contributed by atoms with van der Waals surface area (Å²) in [6.07, 6.45) is 10.2. The number of imidazole rings is 1. The minimum atomic E-state index is -0.176. The van der Waals surface area contributed by atoms with Gasteiger partial charge in [0.05, 0.1) is 25.5 Å². The van der Waals surface area contributed by atoms with Gasteiger partial charge in [0.1, 0.15) is 23.0 Å². The fourth-order valence-electron chi connectivity index (χ4n) is 4.97. The Morgan fingerprint density at radius 2 is 1.69 bits per heavy atom. The van der Waals surface area contributed by atoms with Gasteiger partial charge in [-0.15, -0.1) is 0 Å². The van der Waals surface area contributed by atoms with E-state index in [1.165, 1.54) is 19.5 Å². The third-order valence-corrected chi connectivity index (χ3v) is 7.35. The van der Waals surface area contributed by atoms with Crippen molar-refractivity contribution in [3.05, 3.63) is 89.7 Å². The van der Waals surface area contributed by atoms with Crippen LogP contribution in [0.3, 0.4) is 0 Å². The molecule has 3 heterocycles. The summed E-state index contributed by atoms with van der Waals surface area (Å²) in [5.41, 5.74) is 1.62. The first kappa shape index (κ1) is 29.1. The van der Waals surface area contributed by atoms with Gasteiger partial charge in [-0.05, 0) is 49.6 Å². The van der Waals surface area contributed by atoms with Crippen LogP contribution in [0, 0.1) is 0 Å². The van der Waals surface area contributed by atoms with Crippen molar-refractivity contribution in [1.29, 1.82) is 0 Å². The number of ether oxygens (including phenoxy) is 2. The Labute approximate surface area is 249 Å². The van der Waals surface area contributed by atoms with E-state index < -0.39 is 0 Å². The average molecular weight is 589 g/mol. The van der Waals surface area contributed by atoms with Crippen LogP contribution in [-0.2, 0) is 6.54 Å². The van der Waals surface area contributed by atoms with Crippen molar-refractivity contribution in [1.82, 2.24) is 29.3 Å². The average Bonchev–Trinajstić information content (AvgIpc) is 3.50. The molecule has 10 nitrogen and oxygen atoms in total. The Morgan fingerprint density at radius 1 is 0.881 bits per heavy atom. The van der Waals surface area contributed by atoms with Crippen molar-refractivity contribution < 1.29 is 19.1 Å². The van der Waals surface area contributed by atoms with Crippen molar-refractivity contribution in [3.8, 4) is 22.9 Å². The molecule has 0 N–H and O–H groups in total. The zero-order valence-corrected chi connectivity index (χ0v) is 24.2. The molecule has 42 heavy (non-hydrogen) atoms. The zero-order valence-electron chi connectivity index (χ0n) is 23.5. The second-order valence-corrected chi connectivity index (χ2v) is 10.3. The zero-order chi connectivity index (χ0) is 29.3. The topological polar surface area (TPSA) is 103 Å². The Bertz CT molecular complexity index is 1510. The number of methoxy groups -OCH3 is 1. The normalized spacial score (nSPS) is 14.8. The Hall–Kier alpha value is -4.44. The molecule has 218 valence electrons. The molecule has 0 saturated carbocycles. The smallest absolute Gasteiger partial charge is 0.274 e. The van der Waals surface area contributed by atoms with E-state index in [0.717, 1.165) is 17.1 Å². The van der Waals surface area contributed by atoms with Crippen LogP contribution in [0.5, 0.6) is 11.5 Å². The molecule has 0 atom stereocenters. The lowest BCUT2D eigenvalue weighted by Crippen LogP contribution is -2.37. The van der Waals surface area contributed by atoms with Gasteiger partial charge in [-0.25, -0.2) is 9.97 Å². The number of nitrogens with zero attached hydrogens (tertiary/aromatic N) is 6. The number of carbonyl (C=O) groups is 2. The number of rotatable bonds is 3. The monoisotopic (exact) mass is 588 g/mol. The maximum atomic E-state index is 13.8. The lowest BCUT2D eigenvalue weighted by molar-refractivity contribution is 0.0709. The van der Waals surface area contributed by atoms with Gasteiger partial charge in [-0.1, -0.05) is 23.7 Å². The molecular formula is C31H33ClN6O4. The van der Waals surface area contributed by atoms with E-state index in [1.807, 2.05) is 39.9 Å². The molecule has 0 fully saturated rings. The summed E-state index contributed by atoms with van der Waals surface area (Å²) in [6.45, 7) is 2.93. The molecule has 2 bridgehead atoms. The van der Waals surface area contributed by atoms with E-state index in [1.54, 1.807) is 35.5 Å². The number of hydrogen-bond donors (Lipinski definition) is 0. The summed E-state index contributed by atoms with van der Waals surface area (Å²) < 4.78 is 13.6. The van der Waals surface area contributed by atoms with Crippen LogP contribution < -0.4 is 9.47 Å². The SMILES string of the molecule is COc1ccc(Cl)cc1C(=O)N1CCCCN(C(=O)c2cnccn2)CCCOc2cccc(c2)-c2nccn2CC1. The van der Waals surface area contributed by atoms with Crippen LogP contribution in [0.25, 0.3) is 11.4 Å².